The summed E-state index contributed by atoms with van der Waals surface area (Å²) in [5.41, 5.74) is 2.87. The molecular formula is C27H25ClN2O3S. The van der Waals surface area contributed by atoms with Crippen LogP contribution in [0.2, 0.25) is 5.02 Å². The summed E-state index contributed by atoms with van der Waals surface area (Å²) >= 11 is 7.77. The van der Waals surface area contributed by atoms with Crippen molar-refractivity contribution in [3.8, 4) is 5.75 Å². The lowest BCUT2D eigenvalue weighted by molar-refractivity contribution is 0.102. The van der Waals surface area contributed by atoms with Gasteiger partial charge in [0.1, 0.15) is 10.6 Å². The lowest BCUT2D eigenvalue weighted by Gasteiger charge is -2.19. The van der Waals surface area contributed by atoms with Gasteiger partial charge in [-0.1, -0.05) is 50.6 Å². The van der Waals surface area contributed by atoms with Crippen molar-refractivity contribution in [1.82, 2.24) is 0 Å². The van der Waals surface area contributed by atoms with Crippen LogP contribution >= 0.6 is 22.9 Å². The average Bonchev–Trinajstić information content (AvgIpc) is 3.14. The van der Waals surface area contributed by atoms with Crippen molar-refractivity contribution < 1.29 is 14.3 Å². The van der Waals surface area contributed by atoms with Gasteiger partial charge in [0.2, 0.25) is 0 Å². The highest BCUT2D eigenvalue weighted by Crippen LogP contribution is 2.37. The van der Waals surface area contributed by atoms with Gasteiger partial charge in [-0.2, -0.15) is 0 Å². The summed E-state index contributed by atoms with van der Waals surface area (Å²) in [7, 11) is 1.59. The van der Waals surface area contributed by atoms with Crippen LogP contribution in [0.4, 0.5) is 11.4 Å². The zero-order valence-electron chi connectivity index (χ0n) is 19.4. The van der Waals surface area contributed by atoms with Crippen LogP contribution in [0.5, 0.6) is 5.75 Å². The zero-order chi connectivity index (χ0) is 24.5. The number of ether oxygens (including phenoxy) is 1. The maximum Gasteiger partial charge on any atom is 0.267 e. The Labute approximate surface area is 207 Å². The van der Waals surface area contributed by atoms with Crippen molar-refractivity contribution in [3.05, 3.63) is 87.8 Å². The Hall–Kier alpha value is -3.35. The van der Waals surface area contributed by atoms with E-state index in [1.54, 1.807) is 31.4 Å². The van der Waals surface area contributed by atoms with Crippen LogP contribution in [0.25, 0.3) is 10.1 Å². The Morgan fingerprint density at radius 2 is 1.53 bits per heavy atom. The second kappa shape index (κ2) is 9.49. The van der Waals surface area contributed by atoms with Gasteiger partial charge >= 0.3 is 0 Å². The molecule has 4 aromatic rings. The largest absolute Gasteiger partial charge is 0.497 e. The van der Waals surface area contributed by atoms with Crippen molar-refractivity contribution in [2.24, 2.45) is 0 Å². The number of rotatable bonds is 5. The number of amides is 2. The number of hydrogen-bond acceptors (Lipinski definition) is 4. The number of carbonyl (C=O) groups is 2. The molecule has 2 N–H and O–H groups in total. The summed E-state index contributed by atoms with van der Waals surface area (Å²) in [6, 6.07) is 20.1. The SMILES string of the molecule is COc1ccc2c(Cl)c(C(=O)Nc3cccc(NC(=O)c4ccc(C(C)(C)C)cc4)c3)sc2c1. The summed E-state index contributed by atoms with van der Waals surface area (Å²) < 4.78 is 6.12. The third kappa shape index (κ3) is 5.08. The van der Waals surface area contributed by atoms with Crippen LogP contribution in [0.1, 0.15) is 46.4 Å². The molecule has 0 fully saturated rings. The number of hydrogen-bond donors (Lipinski definition) is 2. The first kappa shape index (κ1) is 23.8. The molecule has 1 aromatic heterocycles. The lowest BCUT2D eigenvalue weighted by Crippen LogP contribution is -2.15. The molecular weight excluding hydrogens is 468 g/mol. The number of fused-ring (bicyclic) bond motifs is 1. The predicted molar refractivity (Wildman–Crippen MR) is 141 cm³/mol. The molecule has 174 valence electrons. The fraction of sp³-hybridized carbons (Fsp3) is 0.185. The quantitative estimate of drug-likeness (QED) is 0.305. The van der Waals surface area contributed by atoms with Crippen LogP contribution < -0.4 is 15.4 Å². The van der Waals surface area contributed by atoms with Crippen LogP contribution in [0.3, 0.4) is 0 Å². The third-order valence-corrected chi connectivity index (χ3v) is 7.09. The van der Waals surface area contributed by atoms with E-state index in [4.69, 9.17) is 16.3 Å². The Kier molecular flexibility index (Phi) is 6.64. The maximum absolute atomic E-state index is 12.9. The second-order valence-electron chi connectivity index (χ2n) is 8.92. The number of thiophene rings is 1. The molecule has 7 heteroatoms. The first-order chi connectivity index (χ1) is 16.2. The van der Waals surface area contributed by atoms with E-state index in [2.05, 4.69) is 31.4 Å². The summed E-state index contributed by atoms with van der Waals surface area (Å²) in [4.78, 5) is 26.0. The van der Waals surface area contributed by atoms with Gasteiger partial charge in [-0.05, 0) is 59.5 Å². The predicted octanol–water partition coefficient (Wildman–Crippen LogP) is 7.37. The molecule has 0 radical (unpaired) electrons. The summed E-state index contributed by atoms with van der Waals surface area (Å²) in [5, 5.41) is 6.97. The molecule has 2 amide bonds. The first-order valence-corrected chi connectivity index (χ1v) is 11.9. The highest BCUT2D eigenvalue weighted by molar-refractivity contribution is 7.21. The van der Waals surface area contributed by atoms with Gasteiger partial charge in [0.25, 0.3) is 11.8 Å². The number of halogens is 1. The van der Waals surface area contributed by atoms with Gasteiger partial charge in [0, 0.05) is 27.0 Å². The van der Waals surface area contributed by atoms with Crippen molar-refractivity contribution in [3.63, 3.8) is 0 Å². The van der Waals surface area contributed by atoms with E-state index in [0.29, 0.717) is 32.6 Å². The van der Waals surface area contributed by atoms with E-state index in [1.807, 2.05) is 42.5 Å². The van der Waals surface area contributed by atoms with Crippen LogP contribution in [-0.4, -0.2) is 18.9 Å². The molecule has 0 unspecified atom stereocenters. The second-order valence-corrected chi connectivity index (χ2v) is 10.4. The van der Waals surface area contributed by atoms with Crippen LogP contribution in [0.15, 0.2) is 66.7 Å². The van der Waals surface area contributed by atoms with Crippen molar-refractivity contribution in [2.75, 3.05) is 17.7 Å². The third-order valence-electron chi connectivity index (χ3n) is 5.43. The van der Waals surface area contributed by atoms with Gasteiger partial charge in [-0.25, -0.2) is 0 Å². The van der Waals surface area contributed by atoms with E-state index in [1.165, 1.54) is 11.3 Å². The molecule has 1 heterocycles. The minimum absolute atomic E-state index is 0.0188. The summed E-state index contributed by atoms with van der Waals surface area (Å²) in [6.07, 6.45) is 0. The minimum atomic E-state index is -0.314. The van der Waals surface area contributed by atoms with Crippen molar-refractivity contribution >= 4 is 56.2 Å². The molecule has 0 saturated carbocycles. The zero-order valence-corrected chi connectivity index (χ0v) is 20.9. The molecule has 34 heavy (non-hydrogen) atoms. The molecule has 3 aromatic carbocycles. The highest BCUT2D eigenvalue weighted by atomic mass is 35.5. The Morgan fingerprint density at radius 3 is 2.15 bits per heavy atom. The molecule has 4 rings (SSSR count). The monoisotopic (exact) mass is 492 g/mol. The number of nitrogens with one attached hydrogen (secondary N) is 2. The van der Waals surface area contributed by atoms with E-state index in [-0.39, 0.29) is 17.2 Å². The van der Waals surface area contributed by atoms with E-state index in [0.717, 1.165) is 15.6 Å². The Morgan fingerprint density at radius 1 is 0.882 bits per heavy atom. The topological polar surface area (TPSA) is 67.4 Å². The minimum Gasteiger partial charge on any atom is -0.497 e. The molecule has 0 aliphatic heterocycles. The number of benzene rings is 3. The van der Waals surface area contributed by atoms with Gasteiger partial charge in [-0.3, -0.25) is 9.59 Å². The normalized spacial score (nSPS) is 11.3. The number of carbonyl (C=O) groups excluding carboxylic acids is 2. The van der Waals surface area contributed by atoms with Gasteiger partial charge < -0.3 is 15.4 Å². The summed E-state index contributed by atoms with van der Waals surface area (Å²) in [5.74, 6) is 0.172. The van der Waals surface area contributed by atoms with Crippen LogP contribution in [-0.2, 0) is 5.41 Å². The Balaban J connectivity index is 1.48. The molecule has 0 aliphatic rings. The standard InChI is InChI=1S/C27H25ClN2O3S/c1-27(2,3)17-10-8-16(9-11-17)25(31)29-18-6-5-7-19(14-18)30-26(32)24-23(28)21-13-12-20(33-4)15-22(21)34-24/h5-15H,1-4H3,(H,29,31)(H,30,32). The molecule has 0 aliphatic carbocycles. The van der Waals surface area contributed by atoms with Crippen LogP contribution in [0, 0.1) is 0 Å². The lowest BCUT2D eigenvalue weighted by atomic mass is 9.87. The average molecular weight is 493 g/mol. The first-order valence-electron chi connectivity index (χ1n) is 10.7. The maximum atomic E-state index is 12.9. The fourth-order valence-electron chi connectivity index (χ4n) is 3.51. The number of anilines is 2. The van der Waals surface area contributed by atoms with E-state index < -0.39 is 0 Å². The van der Waals surface area contributed by atoms with Gasteiger partial charge in [-0.15, -0.1) is 11.3 Å². The van der Waals surface area contributed by atoms with Gasteiger partial charge in [0.05, 0.1) is 12.1 Å². The number of methoxy groups -OCH3 is 1. The Bertz CT molecular complexity index is 1370. The highest BCUT2D eigenvalue weighted by Gasteiger charge is 2.18. The smallest absolute Gasteiger partial charge is 0.267 e. The van der Waals surface area contributed by atoms with E-state index in [9.17, 15) is 9.59 Å². The van der Waals surface area contributed by atoms with E-state index >= 15 is 0 Å². The molecule has 0 spiro atoms. The molecule has 0 saturated heterocycles. The fourth-order valence-corrected chi connectivity index (χ4v) is 4.95. The van der Waals surface area contributed by atoms with Gasteiger partial charge in [0.15, 0.2) is 0 Å². The molecule has 0 bridgehead atoms. The van der Waals surface area contributed by atoms with Crippen molar-refractivity contribution in [2.45, 2.75) is 26.2 Å². The molecule has 0 atom stereocenters. The van der Waals surface area contributed by atoms with Crippen molar-refractivity contribution in [1.29, 1.82) is 0 Å². The molecule has 5 nitrogen and oxygen atoms in total. The summed E-state index contributed by atoms with van der Waals surface area (Å²) in [6.45, 7) is 6.39.